The van der Waals surface area contributed by atoms with Gasteiger partial charge in [-0.25, -0.2) is 9.78 Å². The molecule has 0 unspecified atom stereocenters. The summed E-state index contributed by atoms with van der Waals surface area (Å²) in [7, 11) is 0. The van der Waals surface area contributed by atoms with Gasteiger partial charge in [0.1, 0.15) is 11.4 Å². The third kappa shape index (κ3) is 4.92. The molecule has 8 heteroatoms. The third-order valence-corrected chi connectivity index (χ3v) is 6.30. The lowest BCUT2D eigenvalue weighted by Crippen LogP contribution is -2.27. The van der Waals surface area contributed by atoms with Gasteiger partial charge in [0.15, 0.2) is 0 Å². The number of hydrogen-bond donors (Lipinski definition) is 1. The Morgan fingerprint density at radius 2 is 1.91 bits per heavy atom. The van der Waals surface area contributed by atoms with E-state index in [1.54, 1.807) is 38.1 Å². The Balaban J connectivity index is 1.58. The number of nitrogens with one attached hydrogen (secondary N) is 1. The minimum Gasteiger partial charge on any atom is -0.459 e. The molecule has 1 amide bonds. The fraction of sp³-hybridized carbons (Fsp3) is 0.231. The molecule has 0 atom stereocenters. The van der Waals surface area contributed by atoms with Crippen molar-refractivity contribution in [2.45, 2.75) is 40.3 Å². The Labute approximate surface area is 201 Å². The van der Waals surface area contributed by atoms with Crippen molar-refractivity contribution < 1.29 is 14.3 Å². The lowest BCUT2D eigenvalue weighted by atomic mass is 10.0. The van der Waals surface area contributed by atoms with Crippen molar-refractivity contribution in [3.63, 3.8) is 0 Å². The first-order valence-corrected chi connectivity index (χ1v) is 11.8. The maximum atomic E-state index is 13.3. The largest absolute Gasteiger partial charge is 0.459 e. The molecular weight excluding hydrogens is 450 g/mol. The highest BCUT2D eigenvalue weighted by Crippen LogP contribution is 2.31. The maximum absolute atomic E-state index is 13.3. The number of anilines is 1. The van der Waals surface area contributed by atoms with Gasteiger partial charge in [-0.3, -0.25) is 14.2 Å². The van der Waals surface area contributed by atoms with Gasteiger partial charge in [0.25, 0.3) is 5.56 Å². The number of rotatable bonds is 6. The van der Waals surface area contributed by atoms with Crippen LogP contribution in [0, 0.1) is 13.8 Å². The monoisotopic (exact) mass is 475 g/mol. The number of carbonyl (C=O) groups excluding carboxylic acids is 2. The van der Waals surface area contributed by atoms with Crippen LogP contribution in [-0.2, 0) is 16.1 Å². The smallest absolute Gasteiger partial charge is 0.338 e. The van der Waals surface area contributed by atoms with Crippen LogP contribution in [0.15, 0.2) is 59.0 Å². The number of amides is 1. The number of aromatic nitrogens is 2. The van der Waals surface area contributed by atoms with Crippen molar-refractivity contribution in [1.82, 2.24) is 9.55 Å². The third-order valence-electron chi connectivity index (χ3n) is 5.42. The van der Waals surface area contributed by atoms with Crippen LogP contribution in [-0.4, -0.2) is 27.5 Å². The summed E-state index contributed by atoms with van der Waals surface area (Å²) < 4.78 is 6.50. The first-order valence-electron chi connectivity index (χ1n) is 10.9. The molecule has 2 aromatic carbocycles. The van der Waals surface area contributed by atoms with Gasteiger partial charge in [0.05, 0.1) is 23.4 Å². The number of aryl methyl sites for hydroxylation is 2. The molecule has 2 heterocycles. The van der Waals surface area contributed by atoms with E-state index in [1.807, 2.05) is 31.4 Å². The van der Waals surface area contributed by atoms with Crippen LogP contribution in [0.2, 0.25) is 0 Å². The number of fused-ring (bicyclic) bond motifs is 1. The van der Waals surface area contributed by atoms with Crippen molar-refractivity contribution in [3.8, 4) is 11.1 Å². The van der Waals surface area contributed by atoms with Crippen molar-refractivity contribution in [3.05, 3.63) is 81.2 Å². The molecule has 7 nitrogen and oxygen atoms in total. The summed E-state index contributed by atoms with van der Waals surface area (Å²) in [6, 6.07) is 12.6. The fourth-order valence-corrected chi connectivity index (χ4v) is 4.47. The molecule has 0 saturated heterocycles. The molecule has 0 aliphatic heterocycles. The lowest BCUT2D eigenvalue weighted by Gasteiger charge is -2.10. The van der Waals surface area contributed by atoms with Crippen molar-refractivity contribution >= 4 is 39.1 Å². The molecule has 0 radical (unpaired) electrons. The summed E-state index contributed by atoms with van der Waals surface area (Å²) in [5, 5.41) is 5.16. The van der Waals surface area contributed by atoms with Crippen LogP contribution in [0.4, 0.5) is 5.69 Å². The van der Waals surface area contributed by atoms with E-state index in [4.69, 9.17) is 4.74 Å². The van der Waals surface area contributed by atoms with Crippen LogP contribution in [0.3, 0.4) is 0 Å². The highest BCUT2D eigenvalue weighted by Gasteiger charge is 2.16. The molecule has 1 N–H and O–H groups in total. The van der Waals surface area contributed by atoms with Gasteiger partial charge in [-0.05, 0) is 62.6 Å². The number of esters is 1. The van der Waals surface area contributed by atoms with Gasteiger partial charge < -0.3 is 10.1 Å². The molecule has 34 heavy (non-hydrogen) atoms. The zero-order valence-corrected chi connectivity index (χ0v) is 20.2. The molecule has 0 bridgehead atoms. The zero-order chi connectivity index (χ0) is 24.4. The number of nitrogens with zero attached hydrogens (tertiary/aromatic N) is 2. The standard InChI is InChI=1S/C26H25N3O4S/c1-15(2)33-26(32)19-6-5-7-20(11-19)28-22(30)12-29-14-27-24-23(25(29)31)21(13-34-24)18-9-8-16(3)17(4)10-18/h5-11,13-15H,12H2,1-4H3,(H,28,30). The Kier molecular flexibility index (Phi) is 6.61. The van der Waals surface area contributed by atoms with E-state index in [1.165, 1.54) is 27.8 Å². The molecule has 174 valence electrons. The first kappa shape index (κ1) is 23.4. The summed E-state index contributed by atoms with van der Waals surface area (Å²) in [6.45, 7) is 7.41. The predicted molar refractivity (Wildman–Crippen MR) is 134 cm³/mol. The van der Waals surface area contributed by atoms with Crippen molar-refractivity contribution in [2.24, 2.45) is 0 Å². The summed E-state index contributed by atoms with van der Waals surface area (Å²) in [4.78, 5) is 43.1. The van der Waals surface area contributed by atoms with Crippen LogP contribution >= 0.6 is 11.3 Å². The Hall–Kier alpha value is -3.78. The Morgan fingerprint density at radius 3 is 2.65 bits per heavy atom. The number of hydrogen-bond acceptors (Lipinski definition) is 6. The van der Waals surface area contributed by atoms with Crippen molar-refractivity contribution in [2.75, 3.05) is 5.32 Å². The molecule has 0 aliphatic carbocycles. The first-order chi connectivity index (χ1) is 16.2. The van der Waals surface area contributed by atoms with Crippen LogP contribution in [0.1, 0.15) is 35.3 Å². The fourth-order valence-electron chi connectivity index (χ4n) is 3.56. The number of thiophene rings is 1. The average molecular weight is 476 g/mol. The lowest BCUT2D eigenvalue weighted by molar-refractivity contribution is -0.116. The highest BCUT2D eigenvalue weighted by atomic mass is 32.1. The molecule has 0 spiro atoms. The number of benzene rings is 2. The van der Waals surface area contributed by atoms with Gasteiger partial charge in [-0.1, -0.05) is 24.3 Å². The second kappa shape index (κ2) is 9.61. The number of carbonyl (C=O) groups is 2. The van der Waals surface area contributed by atoms with Gasteiger partial charge in [-0.15, -0.1) is 11.3 Å². The molecule has 0 saturated carbocycles. The quantitative estimate of drug-likeness (QED) is 0.399. The summed E-state index contributed by atoms with van der Waals surface area (Å²) in [6.07, 6.45) is 1.15. The van der Waals surface area contributed by atoms with E-state index in [9.17, 15) is 14.4 Å². The second-order valence-corrected chi connectivity index (χ2v) is 9.25. The summed E-state index contributed by atoms with van der Waals surface area (Å²) in [5.74, 6) is -0.867. The van der Waals surface area contributed by atoms with Crippen LogP contribution < -0.4 is 10.9 Å². The van der Waals surface area contributed by atoms with E-state index < -0.39 is 11.9 Å². The van der Waals surface area contributed by atoms with E-state index in [2.05, 4.69) is 16.4 Å². The topological polar surface area (TPSA) is 90.3 Å². The SMILES string of the molecule is Cc1ccc(-c2csc3ncn(CC(=O)Nc4cccc(C(=O)OC(C)C)c4)c(=O)c23)cc1C. The molecule has 2 aromatic heterocycles. The van der Waals surface area contributed by atoms with Gasteiger partial charge in [-0.2, -0.15) is 0 Å². The van der Waals surface area contributed by atoms with Gasteiger partial charge >= 0.3 is 5.97 Å². The Bertz CT molecular complexity index is 1450. The Morgan fingerprint density at radius 1 is 1.12 bits per heavy atom. The number of ether oxygens (including phenoxy) is 1. The molecule has 4 aromatic rings. The highest BCUT2D eigenvalue weighted by molar-refractivity contribution is 7.17. The van der Waals surface area contributed by atoms with Gasteiger partial charge in [0, 0.05) is 16.6 Å². The summed E-state index contributed by atoms with van der Waals surface area (Å²) >= 11 is 1.40. The van der Waals surface area contributed by atoms with Crippen LogP contribution in [0.25, 0.3) is 21.3 Å². The molecule has 0 aliphatic rings. The van der Waals surface area contributed by atoms with E-state index >= 15 is 0 Å². The minimum absolute atomic E-state index is 0.204. The normalized spacial score (nSPS) is 11.1. The maximum Gasteiger partial charge on any atom is 0.338 e. The molecule has 0 fully saturated rings. The predicted octanol–water partition coefficient (Wildman–Crippen LogP) is 4.95. The molecule has 4 rings (SSSR count). The molecular formula is C26H25N3O4S. The van der Waals surface area contributed by atoms with Crippen LogP contribution in [0.5, 0.6) is 0 Å². The second-order valence-electron chi connectivity index (χ2n) is 8.39. The summed E-state index contributed by atoms with van der Waals surface area (Å²) in [5.41, 5.74) is 4.58. The van der Waals surface area contributed by atoms with E-state index in [0.717, 1.165) is 16.7 Å². The minimum atomic E-state index is -0.465. The van der Waals surface area contributed by atoms with Gasteiger partial charge in [0.2, 0.25) is 5.91 Å². The average Bonchev–Trinajstić information content (AvgIpc) is 3.22. The van der Waals surface area contributed by atoms with Crippen molar-refractivity contribution in [1.29, 1.82) is 0 Å². The van der Waals surface area contributed by atoms with E-state index in [0.29, 0.717) is 21.5 Å². The zero-order valence-electron chi connectivity index (χ0n) is 19.4. The van der Waals surface area contributed by atoms with E-state index in [-0.39, 0.29) is 18.2 Å².